The van der Waals surface area contributed by atoms with Crippen molar-refractivity contribution in [2.24, 2.45) is 0 Å². The van der Waals surface area contributed by atoms with Gasteiger partial charge in [0.25, 0.3) is 0 Å². The molecule has 2 aromatic carbocycles. The van der Waals surface area contributed by atoms with Gasteiger partial charge in [-0.25, -0.2) is 8.42 Å². The van der Waals surface area contributed by atoms with Crippen molar-refractivity contribution in [2.45, 2.75) is 61.3 Å². The standard InChI is InChI=1S/C23H27NO5S/c1-22(2,3)14-9-11-15(12-10-14)30(26,27)20-17-13-23(4,24-21(20)25)29-19-16(17)7-6-8-18(19)28-5/h6-12,17,20H,13H2,1-5H3,(H,24,25)/t17-,20-,23+/m1/s1. The summed E-state index contributed by atoms with van der Waals surface area (Å²) in [5, 5.41) is 1.55. The first-order chi connectivity index (χ1) is 14.0. The fourth-order valence-electron chi connectivity index (χ4n) is 4.40. The lowest BCUT2D eigenvalue weighted by molar-refractivity contribution is -0.132. The van der Waals surface area contributed by atoms with Crippen LogP contribution >= 0.6 is 0 Å². The number of hydrogen-bond acceptors (Lipinski definition) is 5. The molecule has 30 heavy (non-hydrogen) atoms. The molecule has 0 aliphatic carbocycles. The molecular formula is C23H27NO5S. The van der Waals surface area contributed by atoms with Gasteiger partial charge in [0.15, 0.2) is 32.3 Å². The molecule has 0 unspecified atom stereocenters. The Morgan fingerprint density at radius 3 is 2.40 bits per heavy atom. The number of amides is 1. The average molecular weight is 430 g/mol. The third kappa shape index (κ3) is 3.25. The first kappa shape index (κ1) is 20.7. The minimum absolute atomic E-state index is 0.0947. The maximum Gasteiger partial charge on any atom is 0.242 e. The highest BCUT2D eigenvalue weighted by molar-refractivity contribution is 7.92. The highest BCUT2D eigenvalue weighted by Gasteiger charge is 2.54. The van der Waals surface area contributed by atoms with E-state index in [0.717, 1.165) is 5.56 Å². The van der Waals surface area contributed by atoms with Crippen LogP contribution in [0.25, 0.3) is 0 Å². The predicted octanol–water partition coefficient (Wildman–Crippen LogP) is 3.55. The number of hydrogen-bond donors (Lipinski definition) is 1. The van der Waals surface area contributed by atoms with E-state index in [1.165, 1.54) is 7.11 Å². The van der Waals surface area contributed by atoms with Gasteiger partial charge in [-0.1, -0.05) is 45.0 Å². The van der Waals surface area contributed by atoms with Crippen molar-refractivity contribution in [3.63, 3.8) is 0 Å². The first-order valence-corrected chi connectivity index (χ1v) is 11.5. The molecule has 2 aromatic rings. The molecular weight excluding hydrogens is 402 g/mol. The van der Waals surface area contributed by atoms with Gasteiger partial charge in [0.05, 0.1) is 12.0 Å². The Kier molecular flexibility index (Phi) is 4.65. The van der Waals surface area contributed by atoms with Crippen molar-refractivity contribution in [2.75, 3.05) is 7.11 Å². The van der Waals surface area contributed by atoms with Gasteiger partial charge in [0.2, 0.25) is 5.91 Å². The van der Waals surface area contributed by atoms with Crippen LogP contribution in [0.2, 0.25) is 0 Å². The van der Waals surface area contributed by atoms with Crippen LogP contribution in [-0.4, -0.2) is 32.4 Å². The Labute approximate surface area is 177 Å². The quantitative estimate of drug-likeness (QED) is 0.807. The number of sulfone groups is 1. The normalized spacial score (nSPS) is 25.7. The molecule has 0 spiro atoms. The lowest BCUT2D eigenvalue weighted by Crippen LogP contribution is -2.63. The summed E-state index contributed by atoms with van der Waals surface area (Å²) in [4.78, 5) is 13.2. The number of piperidine rings is 1. The summed E-state index contributed by atoms with van der Waals surface area (Å²) in [6.07, 6.45) is 0.364. The van der Waals surface area contributed by atoms with E-state index in [1.807, 2.05) is 18.2 Å². The van der Waals surface area contributed by atoms with E-state index < -0.39 is 32.6 Å². The van der Waals surface area contributed by atoms with Crippen LogP contribution in [0.3, 0.4) is 0 Å². The average Bonchev–Trinajstić information content (AvgIpc) is 2.66. The summed E-state index contributed by atoms with van der Waals surface area (Å²) in [6.45, 7) is 7.96. The van der Waals surface area contributed by atoms with Gasteiger partial charge >= 0.3 is 0 Å². The number of ether oxygens (including phenoxy) is 2. The van der Waals surface area contributed by atoms with Gasteiger partial charge in [-0.15, -0.1) is 0 Å². The molecule has 0 radical (unpaired) electrons. The van der Waals surface area contributed by atoms with Crippen molar-refractivity contribution in [1.82, 2.24) is 5.32 Å². The van der Waals surface area contributed by atoms with Crippen LogP contribution in [-0.2, 0) is 20.0 Å². The van der Waals surface area contributed by atoms with Crippen LogP contribution in [0, 0.1) is 0 Å². The summed E-state index contributed by atoms with van der Waals surface area (Å²) in [5.74, 6) is -0.0655. The zero-order valence-electron chi connectivity index (χ0n) is 17.9. The summed E-state index contributed by atoms with van der Waals surface area (Å²) < 4.78 is 38.7. The predicted molar refractivity (Wildman–Crippen MR) is 114 cm³/mol. The highest BCUT2D eigenvalue weighted by atomic mass is 32.2. The fraction of sp³-hybridized carbons (Fsp3) is 0.435. The molecule has 2 aliphatic rings. The largest absolute Gasteiger partial charge is 0.493 e. The van der Waals surface area contributed by atoms with Crippen LogP contribution in [0.4, 0.5) is 0 Å². The van der Waals surface area contributed by atoms with E-state index in [-0.39, 0.29) is 10.3 Å². The molecule has 2 bridgehead atoms. The van der Waals surface area contributed by atoms with Crippen molar-refractivity contribution in [3.8, 4) is 11.5 Å². The van der Waals surface area contributed by atoms with E-state index in [2.05, 4.69) is 26.1 Å². The lowest BCUT2D eigenvalue weighted by atomic mass is 9.81. The second-order valence-electron chi connectivity index (χ2n) is 9.25. The van der Waals surface area contributed by atoms with Crippen LogP contribution in [0.5, 0.6) is 11.5 Å². The van der Waals surface area contributed by atoms with Gasteiger partial charge in [-0.2, -0.15) is 0 Å². The summed E-state index contributed by atoms with van der Waals surface area (Å²) in [6, 6.07) is 12.2. The Bertz CT molecular complexity index is 1100. The second kappa shape index (κ2) is 6.74. The zero-order valence-corrected chi connectivity index (χ0v) is 18.7. The summed E-state index contributed by atoms with van der Waals surface area (Å²) in [5.41, 5.74) is 0.637. The van der Waals surface area contributed by atoms with E-state index in [0.29, 0.717) is 23.5 Å². The number of methoxy groups -OCH3 is 1. The third-order valence-electron chi connectivity index (χ3n) is 5.96. The van der Waals surface area contributed by atoms with Crippen molar-refractivity contribution >= 4 is 15.7 Å². The number of benzene rings is 2. The van der Waals surface area contributed by atoms with Gasteiger partial charge in [-0.05, 0) is 36.1 Å². The van der Waals surface area contributed by atoms with Crippen LogP contribution in [0.1, 0.15) is 51.2 Å². The SMILES string of the molecule is COc1cccc2c1O[C@@]1(C)C[C@H]2[C@@H](S(=O)(=O)c2ccc(C(C)(C)C)cc2)C(=O)N1. The van der Waals surface area contributed by atoms with Crippen molar-refractivity contribution < 1.29 is 22.7 Å². The molecule has 1 amide bonds. The minimum atomic E-state index is -3.92. The molecule has 7 heteroatoms. The van der Waals surface area contributed by atoms with Crippen molar-refractivity contribution in [3.05, 3.63) is 53.6 Å². The number of fused-ring (bicyclic) bond motifs is 4. The highest BCUT2D eigenvalue weighted by Crippen LogP contribution is 2.50. The first-order valence-electron chi connectivity index (χ1n) is 9.99. The third-order valence-corrected chi connectivity index (χ3v) is 8.10. The Hall–Kier alpha value is -2.54. The Morgan fingerprint density at radius 2 is 1.80 bits per heavy atom. The molecule has 3 atom stereocenters. The molecule has 4 rings (SSSR count). The van der Waals surface area contributed by atoms with Crippen LogP contribution in [0.15, 0.2) is 47.4 Å². The number of nitrogens with one attached hydrogen (secondary N) is 1. The second-order valence-corrected chi connectivity index (χ2v) is 11.3. The molecule has 1 N–H and O–H groups in total. The number of carbonyl (C=O) groups is 1. The molecule has 0 aromatic heterocycles. The lowest BCUT2D eigenvalue weighted by Gasteiger charge is -2.47. The Balaban J connectivity index is 1.81. The maximum atomic E-state index is 13.6. The number of para-hydroxylation sites is 1. The molecule has 1 fully saturated rings. The van der Waals surface area contributed by atoms with E-state index in [4.69, 9.17) is 9.47 Å². The fourth-order valence-corrected chi connectivity index (χ4v) is 6.23. The van der Waals surface area contributed by atoms with Gasteiger partial charge < -0.3 is 14.8 Å². The molecule has 2 heterocycles. The number of rotatable bonds is 3. The molecule has 0 saturated carbocycles. The summed E-state index contributed by atoms with van der Waals surface area (Å²) >= 11 is 0. The van der Waals surface area contributed by atoms with E-state index >= 15 is 0 Å². The zero-order chi connectivity index (χ0) is 21.9. The number of carbonyl (C=O) groups excluding carboxylic acids is 1. The van der Waals surface area contributed by atoms with Gasteiger partial charge in [-0.3, -0.25) is 4.79 Å². The minimum Gasteiger partial charge on any atom is -0.493 e. The molecule has 1 saturated heterocycles. The van der Waals surface area contributed by atoms with E-state index in [9.17, 15) is 13.2 Å². The van der Waals surface area contributed by atoms with Crippen LogP contribution < -0.4 is 14.8 Å². The van der Waals surface area contributed by atoms with Gasteiger partial charge in [0, 0.05) is 17.9 Å². The smallest absolute Gasteiger partial charge is 0.242 e. The summed E-state index contributed by atoms with van der Waals surface area (Å²) in [7, 11) is -2.38. The Morgan fingerprint density at radius 1 is 1.13 bits per heavy atom. The molecule has 160 valence electrons. The van der Waals surface area contributed by atoms with E-state index in [1.54, 1.807) is 31.2 Å². The molecule has 2 aliphatic heterocycles. The molecule has 6 nitrogen and oxygen atoms in total. The van der Waals surface area contributed by atoms with Gasteiger partial charge in [0.1, 0.15) is 0 Å². The maximum absolute atomic E-state index is 13.6. The van der Waals surface area contributed by atoms with Crippen molar-refractivity contribution in [1.29, 1.82) is 0 Å². The topological polar surface area (TPSA) is 81.7 Å². The monoisotopic (exact) mass is 429 g/mol.